The van der Waals surface area contributed by atoms with E-state index in [1.54, 1.807) is 0 Å². The van der Waals surface area contributed by atoms with Crippen LogP contribution in [0, 0.1) is 26.2 Å². The van der Waals surface area contributed by atoms with E-state index in [9.17, 15) is 0 Å². The Bertz CT molecular complexity index is 445. The van der Waals surface area contributed by atoms with Crippen LogP contribution in [0.25, 0.3) is 0 Å². The van der Waals surface area contributed by atoms with Crippen LogP contribution < -0.4 is 5.32 Å². The van der Waals surface area contributed by atoms with E-state index < -0.39 is 0 Å². The molecule has 1 unspecified atom stereocenters. The summed E-state index contributed by atoms with van der Waals surface area (Å²) in [5.41, 5.74) is 6.22. The molecule has 1 aromatic carbocycles. The van der Waals surface area contributed by atoms with Gasteiger partial charge < -0.3 is 5.32 Å². The van der Waals surface area contributed by atoms with Gasteiger partial charge >= 0.3 is 0 Å². The molecule has 1 heteroatoms. The second-order valence-corrected chi connectivity index (χ2v) is 7.20. The first-order valence-corrected chi connectivity index (χ1v) is 7.67. The number of benzene rings is 1. The van der Waals surface area contributed by atoms with E-state index >= 15 is 0 Å². The van der Waals surface area contributed by atoms with Gasteiger partial charge in [-0.15, -0.1) is 0 Å². The minimum absolute atomic E-state index is 0.522. The molecule has 0 aromatic heterocycles. The second-order valence-electron chi connectivity index (χ2n) is 7.20. The summed E-state index contributed by atoms with van der Waals surface area (Å²) in [4.78, 5) is 0. The molecule has 1 fully saturated rings. The lowest BCUT2D eigenvalue weighted by Gasteiger charge is -2.35. The van der Waals surface area contributed by atoms with Crippen molar-refractivity contribution in [3.63, 3.8) is 0 Å². The van der Waals surface area contributed by atoms with Gasteiger partial charge in [-0.1, -0.05) is 32.4 Å². The average molecular weight is 259 g/mol. The minimum atomic E-state index is 0.522. The van der Waals surface area contributed by atoms with Crippen molar-refractivity contribution in [2.45, 2.75) is 72.9 Å². The highest BCUT2D eigenvalue weighted by Gasteiger charge is 2.27. The van der Waals surface area contributed by atoms with Gasteiger partial charge in [-0.3, -0.25) is 0 Å². The quantitative estimate of drug-likeness (QED) is 0.831. The first-order valence-electron chi connectivity index (χ1n) is 7.67. The molecule has 106 valence electrons. The van der Waals surface area contributed by atoms with Gasteiger partial charge in [-0.25, -0.2) is 0 Å². The zero-order valence-corrected chi connectivity index (χ0v) is 13.3. The summed E-state index contributed by atoms with van der Waals surface area (Å²) >= 11 is 0. The molecular formula is C18H29N. The summed E-state index contributed by atoms with van der Waals surface area (Å²) in [6, 6.07) is 5.37. The molecule has 1 nitrogen and oxygen atoms in total. The molecule has 0 aliphatic heterocycles. The van der Waals surface area contributed by atoms with Crippen LogP contribution in [0.5, 0.6) is 0 Å². The predicted octanol–water partition coefficient (Wildman–Crippen LogP) is 4.67. The summed E-state index contributed by atoms with van der Waals surface area (Å²) < 4.78 is 0. The Kier molecular flexibility index (Phi) is 4.35. The van der Waals surface area contributed by atoms with E-state index in [0.29, 0.717) is 11.5 Å². The molecule has 0 amide bonds. The van der Waals surface area contributed by atoms with E-state index in [2.05, 4.69) is 52.1 Å². The summed E-state index contributed by atoms with van der Waals surface area (Å²) in [7, 11) is 0. The second kappa shape index (κ2) is 5.66. The van der Waals surface area contributed by atoms with E-state index in [1.165, 1.54) is 47.9 Å². The number of nitrogens with one attached hydrogen (secondary N) is 1. The van der Waals surface area contributed by atoms with E-state index in [0.717, 1.165) is 6.54 Å². The van der Waals surface area contributed by atoms with Crippen molar-refractivity contribution < 1.29 is 0 Å². The summed E-state index contributed by atoms with van der Waals surface area (Å²) in [6.45, 7) is 12.5. The SMILES string of the molecule is Cc1cc(C)c(CNC2CCCC(C)(C)C2)cc1C. The summed E-state index contributed by atoms with van der Waals surface area (Å²) in [5.74, 6) is 0. The van der Waals surface area contributed by atoms with Crippen molar-refractivity contribution in [1.29, 1.82) is 0 Å². The average Bonchev–Trinajstić information content (AvgIpc) is 2.31. The number of hydrogen-bond donors (Lipinski definition) is 1. The van der Waals surface area contributed by atoms with Gasteiger partial charge in [-0.05, 0) is 67.7 Å². The van der Waals surface area contributed by atoms with Crippen molar-refractivity contribution in [3.05, 3.63) is 34.4 Å². The third-order valence-corrected chi connectivity index (χ3v) is 4.74. The van der Waals surface area contributed by atoms with Crippen molar-refractivity contribution >= 4 is 0 Å². The van der Waals surface area contributed by atoms with Gasteiger partial charge in [-0.2, -0.15) is 0 Å². The maximum atomic E-state index is 3.78. The molecule has 1 aliphatic carbocycles. The van der Waals surface area contributed by atoms with Gasteiger partial charge in [0.1, 0.15) is 0 Å². The fourth-order valence-corrected chi connectivity index (χ4v) is 3.34. The molecule has 0 bridgehead atoms. The van der Waals surface area contributed by atoms with Crippen LogP contribution >= 0.6 is 0 Å². The number of hydrogen-bond acceptors (Lipinski definition) is 1. The molecule has 1 atom stereocenters. The number of aryl methyl sites for hydroxylation is 3. The van der Waals surface area contributed by atoms with Crippen molar-refractivity contribution in [1.82, 2.24) is 5.32 Å². The van der Waals surface area contributed by atoms with Crippen LogP contribution in [0.4, 0.5) is 0 Å². The van der Waals surface area contributed by atoms with E-state index in [-0.39, 0.29) is 0 Å². The van der Waals surface area contributed by atoms with Crippen molar-refractivity contribution in [3.8, 4) is 0 Å². The van der Waals surface area contributed by atoms with Gasteiger partial charge in [0, 0.05) is 12.6 Å². The molecule has 1 aliphatic rings. The Balaban J connectivity index is 1.97. The van der Waals surface area contributed by atoms with Gasteiger partial charge in [0.05, 0.1) is 0 Å². The maximum Gasteiger partial charge on any atom is 0.0210 e. The predicted molar refractivity (Wildman–Crippen MR) is 83.5 cm³/mol. The maximum absolute atomic E-state index is 3.78. The van der Waals surface area contributed by atoms with E-state index in [1.807, 2.05) is 0 Å². The van der Waals surface area contributed by atoms with Gasteiger partial charge in [0.15, 0.2) is 0 Å². The highest BCUT2D eigenvalue weighted by atomic mass is 14.9. The number of rotatable bonds is 3. The van der Waals surface area contributed by atoms with Crippen LogP contribution in [0.3, 0.4) is 0 Å². The van der Waals surface area contributed by atoms with Crippen LogP contribution in [0.1, 0.15) is 61.8 Å². The highest BCUT2D eigenvalue weighted by molar-refractivity contribution is 5.36. The fraction of sp³-hybridized carbons (Fsp3) is 0.667. The van der Waals surface area contributed by atoms with Crippen LogP contribution in [-0.4, -0.2) is 6.04 Å². The molecule has 0 heterocycles. The molecule has 0 spiro atoms. The molecule has 1 aromatic rings. The summed E-state index contributed by atoms with van der Waals surface area (Å²) in [6.07, 6.45) is 5.41. The Morgan fingerprint density at radius 2 is 1.79 bits per heavy atom. The van der Waals surface area contributed by atoms with Crippen LogP contribution in [-0.2, 0) is 6.54 Å². The minimum Gasteiger partial charge on any atom is -0.310 e. The monoisotopic (exact) mass is 259 g/mol. The normalized spacial score (nSPS) is 22.5. The Labute approximate surface area is 118 Å². The summed E-state index contributed by atoms with van der Waals surface area (Å²) in [5, 5.41) is 3.78. The van der Waals surface area contributed by atoms with E-state index in [4.69, 9.17) is 0 Å². The lowest BCUT2D eigenvalue weighted by molar-refractivity contribution is 0.197. The fourth-order valence-electron chi connectivity index (χ4n) is 3.34. The van der Waals surface area contributed by atoms with Crippen molar-refractivity contribution in [2.24, 2.45) is 5.41 Å². The first-order chi connectivity index (χ1) is 8.87. The molecule has 0 radical (unpaired) electrons. The Morgan fingerprint density at radius 1 is 1.11 bits per heavy atom. The molecule has 2 rings (SSSR count). The standard InChI is InChI=1S/C18H29N/c1-13-9-15(3)16(10-14(13)2)12-19-17-7-6-8-18(4,5)11-17/h9-10,17,19H,6-8,11-12H2,1-5H3. The lowest BCUT2D eigenvalue weighted by atomic mass is 9.75. The van der Waals surface area contributed by atoms with Crippen LogP contribution in [0.2, 0.25) is 0 Å². The largest absolute Gasteiger partial charge is 0.310 e. The smallest absolute Gasteiger partial charge is 0.0210 e. The molecule has 19 heavy (non-hydrogen) atoms. The highest BCUT2D eigenvalue weighted by Crippen LogP contribution is 2.35. The Hall–Kier alpha value is -0.820. The van der Waals surface area contributed by atoms with Gasteiger partial charge in [0.2, 0.25) is 0 Å². The zero-order chi connectivity index (χ0) is 14.0. The molecule has 0 saturated heterocycles. The topological polar surface area (TPSA) is 12.0 Å². The Morgan fingerprint density at radius 3 is 2.47 bits per heavy atom. The molecule has 1 N–H and O–H groups in total. The van der Waals surface area contributed by atoms with Crippen LogP contribution in [0.15, 0.2) is 12.1 Å². The first kappa shape index (κ1) is 14.6. The molecule has 1 saturated carbocycles. The zero-order valence-electron chi connectivity index (χ0n) is 13.3. The van der Waals surface area contributed by atoms with Crippen molar-refractivity contribution in [2.75, 3.05) is 0 Å². The molecular weight excluding hydrogens is 230 g/mol. The third-order valence-electron chi connectivity index (χ3n) is 4.74. The third kappa shape index (κ3) is 3.82. The lowest BCUT2D eigenvalue weighted by Crippen LogP contribution is -2.37. The van der Waals surface area contributed by atoms with Gasteiger partial charge in [0.25, 0.3) is 0 Å².